The third-order valence-electron chi connectivity index (χ3n) is 5.40. The lowest BCUT2D eigenvalue weighted by Gasteiger charge is -2.19. The number of hydrogen-bond donors (Lipinski definition) is 1. The number of aryl methyl sites for hydroxylation is 1. The molecule has 1 N–H and O–H groups in total. The molecule has 1 aliphatic carbocycles. The summed E-state index contributed by atoms with van der Waals surface area (Å²) in [5.41, 5.74) is 6.41. The minimum atomic E-state index is -0.727. The first-order valence-corrected chi connectivity index (χ1v) is 9.76. The summed E-state index contributed by atoms with van der Waals surface area (Å²) in [6, 6.07) is 10.6. The average molecular weight is 354 g/mol. The Morgan fingerprint density at radius 2 is 2.08 bits per heavy atom. The lowest BCUT2D eigenvalue weighted by Crippen LogP contribution is -2.07. The molecule has 25 heavy (non-hydrogen) atoms. The van der Waals surface area contributed by atoms with Gasteiger partial charge in [0, 0.05) is 22.1 Å². The third-order valence-corrected chi connectivity index (χ3v) is 6.80. The van der Waals surface area contributed by atoms with E-state index in [0.29, 0.717) is 0 Å². The van der Waals surface area contributed by atoms with Crippen LogP contribution in [0.3, 0.4) is 0 Å². The zero-order valence-electron chi connectivity index (χ0n) is 14.5. The number of carboxylic acid groups (broad SMARTS) is 1. The van der Waals surface area contributed by atoms with E-state index in [-0.39, 0.29) is 18.4 Å². The van der Waals surface area contributed by atoms with E-state index in [2.05, 4.69) is 38.1 Å². The second-order valence-electron chi connectivity index (χ2n) is 7.00. The second kappa shape index (κ2) is 6.41. The zero-order chi connectivity index (χ0) is 17.6. The third kappa shape index (κ3) is 2.93. The van der Waals surface area contributed by atoms with Gasteiger partial charge in [0.2, 0.25) is 0 Å². The first-order valence-electron chi connectivity index (χ1n) is 8.77. The van der Waals surface area contributed by atoms with E-state index in [1.54, 1.807) is 11.8 Å². The van der Waals surface area contributed by atoms with Gasteiger partial charge in [-0.25, -0.2) is 0 Å². The van der Waals surface area contributed by atoms with Crippen molar-refractivity contribution in [3.63, 3.8) is 0 Å². The molecule has 2 aromatic carbocycles. The molecule has 0 aromatic heterocycles. The number of ether oxygens (including phenoxy) is 1. The molecule has 2 atom stereocenters. The van der Waals surface area contributed by atoms with Gasteiger partial charge in [-0.05, 0) is 55.0 Å². The van der Waals surface area contributed by atoms with Gasteiger partial charge in [-0.3, -0.25) is 4.79 Å². The fourth-order valence-corrected chi connectivity index (χ4v) is 5.45. The molecule has 2 aliphatic rings. The van der Waals surface area contributed by atoms with E-state index in [9.17, 15) is 4.79 Å². The van der Waals surface area contributed by atoms with Crippen LogP contribution in [0.25, 0.3) is 0 Å². The van der Waals surface area contributed by atoms with Crippen LogP contribution in [-0.2, 0) is 11.2 Å². The largest absolute Gasteiger partial charge is 0.485 e. The van der Waals surface area contributed by atoms with Crippen molar-refractivity contribution in [3.8, 4) is 5.75 Å². The Kier molecular flexibility index (Phi) is 4.24. The van der Waals surface area contributed by atoms with E-state index in [1.165, 1.54) is 27.1 Å². The molecule has 2 aromatic rings. The van der Waals surface area contributed by atoms with Crippen molar-refractivity contribution in [1.82, 2.24) is 0 Å². The Morgan fingerprint density at radius 3 is 2.88 bits per heavy atom. The molecule has 0 amide bonds. The Hall–Kier alpha value is -1.94. The molecule has 4 rings (SSSR count). The Balaban J connectivity index is 1.60. The maximum atomic E-state index is 11.1. The molecule has 1 heterocycles. The zero-order valence-corrected chi connectivity index (χ0v) is 15.4. The summed E-state index contributed by atoms with van der Waals surface area (Å²) in [6.07, 6.45) is 2.42. The highest BCUT2D eigenvalue weighted by molar-refractivity contribution is 7.99. The van der Waals surface area contributed by atoms with Crippen LogP contribution >= 0.6 is 11.8 Å². The quantitative estimate of drug-likeness (QED) is 0.836. The molecule has 0 spiro atoms. The second-order valence-corrected chi connectivity index (χ2v) is 8.03. The topological polar surface area (TPSA) is 46.5 Å². The Bertz CT molecular complexity index is 843. The van der Waals surface area contributed by atoms with Crippen molar-refractivity contribution in [3.05, 3.63) is 58.1 Å². The highest BCUT2D eigenvalue weighted by Gasteiger charge is 2.30. The SMILES string of the molecule is Cc1cccc2c1CCC2Oc1ccc2c(c1C)SC[C@H]2CC(=O)O. The van der Waals surface area contributed by atoms with Crippen LogP contribution in [0.5, 0.6) is 5.75 Å². The van der Waals surface area contributed by atoms with E-state index in [1.807, 2.05) is 6.07 Å². The predicted octanol–water partition coefficient (Wildman–Crippen LogP) is 5.03. The lowest BCUT2D eigenvalue weighted by molar-refractivity contribution is -0.137. The van der Waals surface area contributed by atoms with Crippen LogP contribution in [0, 0.1) is 13.8 Å². The Labute approximate surface area is 152 Å². The van der Waals surface area contributed by atoms with E-state index in [0.717, 1.165) is 29.9 Å². The molecule has 130 valence electrons. The van der Waals surface area contributed by atoms with Crippen LogP contribution in [0.2, 0.25) is 0 Å². The number of thioether (sulfide) groups is 1. The average Bonchev–Trinajstić information content (AvgIpc) is 3.16. The summed E-state index contributed by atoms with van der Waals surface area (Å²) in [7, 11) is 0. The van der Waals surface area contributed by atoms with Crippen molar-refractivity contribution in [2.24, 2.45) is 0 Å². The number of carboxylic acids is 1. The van der Waals surface area contributed by atoms with Crippen molar-refractivity contribution in [2.75, 3.05) is 5.75 Å². The number of hydrogen-bond acceptors (Lipinski definition) is 3. The van der Waals surface area contributed by atoms with E-state index in [4.69, 9.17) is 9.84 Å². The minimum Gasteiger partial charge on any atom is -0.485 e. The van der Waals surface area contributed by atoms with Crippen LogP contribution in [-0.4, -0.2) is 16.8 Å². The highest BCUT2D eigenvalue weighted by atomic mass is 32.2. The molecule has 3 nitrogen and oxygen atoms in total. The van der Waals surface area contributed by atoms with Gasteiger partial charge >= 0.3 is 5.97 Å². The number of aliphatic carboxylic acids is 1. The molecular formula is C21H22O3S. The molecule has 0 radical (unpaired) electrons. The number of rotatable bonds is 4. The van der Waals surface area contributed by atoms with Gasteiger partial charge in [0.15, 0.2) is 0 Å². The molecule has 0 saturated heterocycles. The van der Waals surface area contributed by atoms with Gasteiger partial charge in [-0.2, -0.15) is 0 Å². The van der Waals surface area contributed by atoms with Gasteiger partial charge in [0.25, 0.3) is 0 Å². The predicted molar refractivity (Wildman–Crippen MR) is 99.8 cm³/mol. The summed E-state index contributed by atoms with van der Waals surface area (Å²) >= 11 is 1.76. The molecule has 0 saturated carbocycles. The number of fused-ring (bicyclic) bond motifs is 2. The van der Waals surface area contributed by atoms with Crippen molar-refractivity contribution >= 4 is 17.7 Å². The number of benzene rings is 2. The van der Waals surface area contributed by atoms with Gasteiger partial charge in [0.05, 0.1) is 6.42 Å². The molecular weight excluding hydrogens is 332 g/mol. The summed E-state index contributed by atoms with van der Waals surface area (Å²) in [5.74, 6) is 1.16. The fraction of sp³-hybridized carbons (Fsp3) is 0.381. The molecule has 1 aliphatic heterocycles. The van der Waals surface area contributed by atoms with Gasteiger partial charge in [-0.1, -0.05) is 24.3 Å². The summed E-state index contributed by atoms with van der Waals surface area (Å²) in [6.45, 7) is 4.26. The standard InChI is InChI=1S/C21H22O3S/c1-12-4-3-5-17-15(12)6-9-19(17)24-18-8-7-16-14(10-20(22)23)11-25-21(16)13(18)2/h3-5,7-8,14,19H,6,9-11H2,1-2H3,(H,22,23)/t14-,19?/m1/s1. The first-order chi connectivity index (χ1) is 12.0. The van der Waals surface area contributed by atoms with Crippen LogP contribution in [0.1, 0.15) is 52.7 Å². The highest BCUT2D eigenvalue weighted by Crippen LogP contribution is 2.47. The van der Waals surface area contributed by atoms with Crippen LogP contribution in [0.4, 0.5) is 0 Å². The summed E-state index contributed by atoms with van der Waals surface area (Å²) in [5, 5.41) is 9.09. The summed E-state index contributed by atoms with van der Waals surface area (Å²) < 4.78 is 6.40. The first kappa shape index (κ1) is 16.5. The number of carbonyl (C=O) groups is 1. The minimum absolute atomic E-state index is 0.111. The lowest BCUT2D eigenvalue weighted by atomic mass is 9.96. The van der Waals surface area contributed by atoms with Gasteiger partial charge in [-0.15, -0.1) is 11.8 Å². The maximum Gasteiger partial charge on any atom is 0.303 e. The summed E-state index contributed by atoms with van der Waals surface area (Å²) in [4.78, 5) is 12.3. The van der Waals surface area contributed by atoms with Crippen molar-refractivity contribution in [2.45, 2.75) is 50.0 Å². The normalized spacial score (nSPS) is 21.0. The van der Waals surface area contributed by atoms with Gasteiger partial charge in [0.1, 0.15) is 11.9 Å². The molecule has 0 fully saturated rings. The fourth-order valence-electron chi connectivity index (χ4n) is 4.06. The van der Waals surface area contributed by atoms with Crippen LogP contribution in [0.15, 0.2) is 35.2 Å². The van der Waals surface area contributed by atoms with E-state index >= 15 is 0 Å². The van der Waals surface area contributed by atoms with Crippen LogP contribution < -0.4 is 4.74 Å². The smallest absolute Gasteiger partial charge is 0.303 e. The molecule has 0 bridgehead atoms. The van der Waals surface area contributed by atoms with E-state index < -0.39 is 5.97 Å². The van der Waals surface area contributed by atoms with Crippen molar-refractivity contribution < 1.29 is 14.6 Å². The maximum absolute atomic E-state index is 11.1. The molecule has 4 heteroatoms. The Morgan fingerprint density at radius 1 is 1.24 bits per heavy atom. The van der Waals surface area contributed by atoms with Crippen molar-refractivity contribution in [1.29, 1.82) is 0 Å². The van der Waals surface area contributed by atoms with Gasteiger partial charge < -0.3 is 9.84 Å². The monoisotopic (exact) mass is 354 g/mol. The molecule has 1 unspecified atom stereocenters.